The summed E-state index contributed by atoms with van der Waals surface area (Å²) in [5, 5.41) is 8.70. The molecule has 0 aromatic carbocycles. The molecule has 0 spiro atoms. The predicted molar refractivity (Wildman–Crippen MR) is 99.2 cm³/mol. The van der Waals surface area contributed by atoms with Gasteiger partial charge in [-0.1, -0.05) is 96.8 Å². The SMILES string of the molecule is CCCCCCCCCC(N)CCCCCCCCCCO. The van der Waals surface area contributed by atoms with E-state index in [0.29, 0.717) is 12.6 Å². The van der Waals surface area contributed by atoms with Gasteiger partial charge in [0.1, 0.15) is 0 Å². The highest BCUT2D eigenvalue weighted by Crippen LogP contribution is 2.13. The average molecular weight is 314 g/mol. The van der Waals surface area contributed by atoms with Crippen LogP contribution in [0.3, 0.4) is 0 Å². The van der Waals surface area contributed by atoms with Gasteiger partial charge in [0.2, 0.25) is 0 Å². The molecule has 0 rings (SSSR count). The smallest absolute Gasteiger partial charge is 0.0431 e. The summed E-state index contributed by atoms with van der Waals surface area (Å²) in [6.07, 6.45) is 22.3. The summed E-state index contributed by atoms with van der Waals surface area (Å²) < 4.78 is 0. The van der Waals surface area contributed by atoms with Gasteiger partial charge in [0.15, 0.2) is 0 Å². The Bertz CT molecular complexity index is 196. The fraction of sp³-hybridized carbons (Fsp3) is 1.00. The van der Waals surface area contributed by atoms with E-state index in [1.165, 1.54) is 103 Å². The maximum Gasteiger partial charge on any atom is 0.0431 e. The molecule has 0 radical (unpaired) electrons. The molecule has 22 heavy (non-hydrogen) atoms. The van der Waals surface area contributed by atoms with E-state index in [-0.39, 0.29) is 0 Å². The van der Waals surface area contributed by atoms with Gasteiger partial charge in [-0.05, 0) is 19.3 Å². The quantitative estimate of drug-likeness (QED) is 0.307. The first-order valence-electron chi connectivity index (χ1n) is 10.2. The third-order valence-electron chi connectivity index (χ3n) is 4.66. The molecular weight excluding hydrogens is 270 g/mol. The number of aliphatic hydroxyl groups is 1. The van der Waals surface area contributed by atoms with Gasteiger partial charge >= 0.3 is 0 Å². The summed E-state index contributed by atoms with van der Waals surface area (Å²) in [5.74, 6) is 0. The van der Waals surface area contributed by atoms with E-state index in [1.807, 2.05) is 0 Å². The molecule has 0 aromatic heterocycles. The van der Waals surface area contributed by atoms with Crippen LogP contribution in [0, 0.1) is 0 Å². The van der Waals surface area contributed by atoms with Crippen molar-refractivity contribution in [3.05, 3.63) is 0 Å². The second kappa shape index (κ2) is 19.0. The number of aliphatic hydroxyl groups excluding tert-OH is 1. The lowest BCUT2D eigenvalue weighted by Gasteiger charge is -2.11. The number of nitrogens with two attached hydrogens (primary N) is 1. The molecule has 0 amide bonds. The van der Waals surface area contributed by atoms with Crippen molar-refractivity contribution in [3.8, 4) is 0 Å². The molecular formula is C20H43NO. The van der Waals surface area contributed by atoms with E-state index in [1.54, 1.807) is 0 Å². The van der Waals surface area contributed by atoms with E-state index >= 15 is 0 Å². The van der Waals surface area contributed by atoms with Crippen molar-refractivity contribution in [1.82, 2.24) is 0 Å². The second-order valence-corrected chi connectivity index (χ2v) is 7.01. The third kappa shape index (κ3) is 18.0. The maximum atomic E-state index is 8.70. The molecule has 0 aliphatic carbocycles. The first-order chi connectivity index (χ1) is 10.8. The zero-order valence-corrected chi connectivity index (χ0v) is 15.3. The Morgan fingerprint density at radius 3 is 1.36 bits per heavy atom. The Morgan fingerprint density at radius 1 is 0.591 bits per heavy atom. The Balaban J connectivity index is 3.11. The lowest BCUT2D eigenvalue weighted by atomic mass is 10.0. The fourth-order valence-corrected chi connectivity index (χ4v) is 3.09. The number of hydrogen-bond acceptors (Lipinski definition) is 2. The predicted octanol–water partition coefficient (Wildman–Crippen LogP) is 5.96. The maximum absolute atomic E-state index is 8.70. The Morgan fingerprint density at radius 2 is 0.955 bits per heavy atom. The van der Waals surface area contributed by atoms with Crippen molar-refractivity contribution in [2.24, 2.45) is 5.73 Å². The second-order valence-electron chi connectivity index (χ2n) is 7.01. The number of rotatable bonds is 18. The van der Waals surface area contributed by atoms with Crippen molar-refractivity contribution in [2.75, 3.05) is 6.61 Å². The lowest BCUT2D eigenvalue weighted by Crippen LogP contribution is -2.19. The van der Waals surface area contributed by atoms with E-state index in [0.717, 1.165) is 6.42 Å². The van der Waals surface area contributed by atoms with Gasteiger partial charge in [0, 0.05) is 12.6 Å². The van der Waals surface area contributed by atoms with Gasteiger partial charge in [0.05, 0.1) is 0 Å². The molecule has 1 atom stereocenters. The molecule has 2 nitrogen and oxygen atoms in total. The van der Waals surface area contributed by atoms with E-state index < -0.39 is 0 Å². The zero-order chi connectivity index (χ0) is 16.3. The van der Waals surface area contributed by atoms with Crippen LogP contribution in [-0.4, -0.2) is 17.8 Å². The molecule has 2 heteroatoms. The van der Waals surface area contributed by atoms with Crippen molar-refractivity contribution in [1.29, 1.82) is 0 Å². The van der Waals surface area contributed by atoms with Crippen LogP contribution in [0.1, 0.15) is 116 Å². The summed E-state index contributed by atoms with van der Waals surface area (Å²) >= 11 is 0. The average Bonchev–Trinajstić information content (AvgIpc) is 2.52. The topological polar surface area (TPSA) is 46.2 Å². The fourth-order valence-electron chi connectivity index (χ4n) is 3.09. The molecule has 0 aliphatic heterocycles. The standard InChI is InChI=1S/C20H43NO/c1-2-3-4-5-8-11-14-17-20(21)18-15-12-9-6-7-10-13-16-19-22/h20,22H,2-19,21H2,1H3. The summed E-state index contributed by atoms with van der Waals surface area (Å²) in [7, 11) is 0. The van der Waals surface area contributed by atoms with Crippen LogP contribution in [0.15, 0.2) is 0 Å². The first-order valence-corrected chi connectivity index (χ1v) is 10.2. The third-order valence-corrected chi connectivity index (χ3v) is 4.66. The molecule has 3 N–H and O–H groups in total. The van der Waals surface area contributed by atoms with Crippen molar-refractivity contribution >= 4 is 0 Å². The van der Waals surface area contributed by atoms with Crippen LogP contribution >= 0.6 is 0 Å². The largest absolute Gasteiger partial charge is 0.396 e. The highest BCUT2D eigenvalue weighted by molar-refractivity contribution is 4.62. The normalized spacial score (nSPS) is 12.7. The van der Waals surface area contributed by atoms with Gasteiger partial charge in [0.25, 0.3) is 0 Å². The highest BCUT2D eigenvalue weighted by atomic mass is 16.2. The minimum atomic E-state index is 0.358. The minimum absolute atomic E-state index is 0.358. The lowest BCUT2D eigenvalue weighted by molar-refractivity contribution is 0.282. The molecule has 0 bridgehead atoms. The van der Waals surface area contributed by atoms with E-state index in [4.69, 9.17) is 10.8 Å². The van der Waals surface area contributed by atoms with Crippen molar-refractivity contribution < 1.29 is 5.11 Å². The molecule has 0 aliphatic rings. The number of hydrogen-bond donors (Lipinski definition) is 2. The Hall–Kier alpha value is -0.0800. The van der Waals surface area contributed by atoms with Gasteiger partial charge in [-0.3, -0.25) is 0 Å². The first kappa shape index (κ1) is 21.9. The minimum Gasteiger partial charge on any atom is -0.396 e. The van der Waals surface area contributed by atoms with Crippen LogP contribution < -0.4 is 5.73 Å². The molecule has 0 saturated carbocycles. The van der Waals surface area contributed by atoms with Gasteiger partial charge in [-0.25, -0.2) is 0 Å². The Labute approximate surface area is 140 Å². The molecule has 0 heterocycles. The van der Waals surface area contributed by atoms with Gasteiger partial charge in [-0.2, -0.15) is 0 Å². The van der Waals surface area contributed by atoms with Crippen LogP contribution in [-0.2, 0) is 0 Å². The van der Waals surface area contributed by atoms with E-state index in [9.17, 15) is 0 Å². The zero-order valence-electron chi connectivity index (χ0n) is 15.3. The molecule has 134 valence electrons. The van der Waals surface area contributed by atoms with E-state index in [2.05, 4.69) is 6.92 Å². The molecule has 0 aromatic rings. The van der Waals surface area contributed by atoms with Crippen LogP contribution in [0.2, 0.25) is 0 Å². The summed E-state index contributed by atoms with van der Waals surface area (Å²) in [4.78, 5) is 0. The summed E-state index contributed by atoms with van der Waals surface area (Å²) in [6.45, 7) is 2.63. The van der Waals surface area contributed by atoms with Crippen LogP contribution in [0.5, 0.6) is 0 Å². The summed E-state index contributed by atoms with van der Waals surface area (Å²) in [6, 6.07) is 0.445. The summed E-state index contributed by atoms with van der Waals surface area (Å²) in [5.41, 5.74) is 6.21. The monoisotopic (exact) mass is 313 g/mol. The molecule has 1 unspecified atom stereocenters. The van der Waals surface area contributed by atoms with Crippen LogP contribution in [0.4, 0.5) is 0 Å². The Kier molecular flexibility index (Phi) is 18.9. The van der Waals surface area contributed by atoms with Crippen LogP contribution in [0.25, 0.3) is 0 Å². The molecule has 0 saturated heterocycles. The van der Waals surface area contributed by atoms with Gasteiger partial charge < -0.3 is 10.8 Å². The van der Waals surface area contributed by atoms with Crippen molar-refractivity contribution in [2.45, 2.75) is 122 Å². The number of unbranched alkanes of at least 4 members (excludes halogenated alkanes) is 13. The van der Waals surface area contributed by atoms with Crippen molar-refractivity contribution in [3.63, 3.8) is 0 Å². The molecule has 0 fully saturated rings. The highest BCUT2D eigenvalue weighted by Gasteiger charge is 2.02. The van der Waals surface area contributed by atoms with Gasteiger partial charge in [-0.15, -0.1) is 0 Å².